The molecule has 3 heterocycles. The van der Waals surface area contributed by atoms with Gasteiger partial charge in [-0.3, -0.25) is 9.59 Å². The molecule has 5 rings (SSSR count). The van der Waals surface area contributed by atoms with Gasteiger partial charge < -0.3 is 24.6 Å². The molecular formula is C28H33NO7. The van der Waals surface area contributed by atoms with Gasteiger partial charge in [0.25, 0.3) is 5.91 Å². The van der Waals surface area contributed by atoms with Crippen LogP contribution in [0.4, 0.5) is 4.79 Å². The van der Waals surface area contributed by atoms with E-state index in [-0.39, 0.29) is 29.9 Å². The molecule has 192 valence electrons. The Morgan fingerprint density at radius 2 is 1.83 bits per heavy atom. The number of fused-ring (bicyclic) bond motifs is 2. The predicted molar refractivity (Wildman–Crippen MR) is 129 cm³/mol. The number of carbonyl (C=O) groups excluding carboxylic acids is 3. The van der Waals surface area contributed by atoms with Crippen LogP contribution in [0.15, 0.2) is 54.8 Å². The number of rotatable bonds is 2. The molecule has 1 amide bonds. The summed E-state index contributed by atoms with van der Waals surface area (Å²) in [6, 6.07) is 9.58. The molecule has 8 heteroatoms. The van der Waals surface area contributed by atoms with Gasteiger partial charge in [0.2, 0.25) is 5.60 Å². The van der Waals surface area contributed by atoms with Gasteiger partial charge in [-0.2, -0.15) is 0 Å². The van der Waals surface area contributed by atoms with Crippen molar-refractivity contribution < 1.29 is 33.7 Å². The molecule has 4 aliphatic rings. The van der Waals surface area contributed by atoms with Gasteiger partial charge in [-0.05, 0) is 44.2 Å². The predicted octanol–water partition coefficient (Wildman–Crippen LogP) is 3.09. The lowest BCUT2D eigenvalue weighted by Crippen LogP contribution is -2.61. The number of nitrogens with one attached hydrogen (secondary N) is 1. The second-order valence-electron chi connectivity index (χ2n) is 11.0. The quantitative estimate of drug-likeness (QED) is 0.368. The largest absolute Gasteiger partial charge is 0.514 e. The average molecular weight is 496 g/mol. The lowest BCUT2D eigenvalue weighted by Gasteiger charge is -2.45. The fourth-order valence-electron chi connectivity index (χ4n) is 6.51. The molecule has 2 N–H and O–H groups in total. The minimum absolute atomic E-state index is 0.0972. The lowest BCUT2D eigenvalue weighted by atomic mass is 9.59. The number of cyclic esters (lactones) is 1. The van der Waals surface area contributed by atoms with E-state index in [2.05, 4.69) is 5.32 Å². The van der Waals surface area contributed by atoms with Crippen LogP contribution < -0.4 is 5.32 Å². The number of carbonyl (C=O) groups is 3. The zero-order valence-corrected chi connectivity index (χ0v) is 21.0. The second kappa shape index (κ2) is 8.56. The van der Waals surface area contributed by atoms with Crippen LogP contribution in [0.2, 0.25) is 0 Å². The highest BCUT2D eigenvalue weighted by Crippen LogP contribution is 2.63. The van der Waals surface area contributed by atoms with Crippen molar-refractivity contribution in [1.82, 2.24) is 5.32 Å². The molecule has 0 bridgehead atoms. The highest BCUT2D eigenvalue weighted by atomic mass is 16.7. The Morgan fingerprint density at radius 3 is 2.56 bits per heavy atom. The van der Waals surface area contributed by atoms with Gasteiger partial charge in [0.1, 0.15) is 5.60 Å². The van der Waals surface area contributed by atoms with E-state index in [9.17, 15) is 19.5 Å². The van der Waals surface area contributed by atoms with E-state index < -0.39 is 40.6 Å². The molecule has 8 nitrogen and oxygen atoms in total. The number of ketones is 1. The third-order valence-electron chi connectivity index (χ3n) is 8.64. The van der Waals surface area contributed by atoms with Crippen molar-refractivity contribution in [2.75, 3.05) is 0 Å². The number of hydrogen-bond donors (Lipinski definition) is 2. The fourth-order valence-corrected chi connectivity index (χ4v) is 6.51. The van der Waals surface area contributed by atoms with Crippen LogP contribution in [0.25, 0.3) is 0 Å². The minimum atomic E-state index is -1.81. The molecule has 36 heavy (non-hydrogen) atoms. The molecule has 0 unspecified atom stereocenters. The summed E-state index contributed by atoms with van der Waals surface area (Å²) in [5, 5.41) is 13.7. The average Bonchev–Trinajstić information content (AvgIpc) is 3.45. The summed E-state index contributed by atoms with van der Waals surface area (Å²) in [6.45, 7) is 7.15. The zero-order valence-electron chi connectivity index (χ0n) is 21.0. The van der Waals surface area contributed by atoms with Crippen LogP contribution in [0, 0.1) is 23.7 Å². The second-order valence-corrected chi connectivity index (χ2v) is 11.0. The number of amides is 1. The van der Waals surface area contributed by atoms with Crippen molar-refractivity contribution in [3.8, 4) is 0 Å². The van der Waals surface area contributed by atoms with Gasteiger partial charge in [-0.15, -0.1) is 0 Å². The molecule has 1 aromatic carbocycles. The van der Waals surface area contributed by atoms with Crippen LogP contribution in [-0.4, -0.2) is 51.9 Å². The minimum Gasteiger partial charge on any atom is -0.416 e. The highest BCUT2D eigenvalue weighted by Gasteiger charge is 2.78. The molecule has 1 spiro atoms. The summed E-state index contributed by atoms with van der Waals surface area (Å²) in [5.41, 5.74) is -2.76. The van der Waals surface area contributed by atoms with Gasteiger partial charge in [0, 0.05) is 17.9 Å². The Balaban J connectivity index is 1.58. The van der Waals surface area contributed by atoms with Crippen molar-refractivity contribution in [2.24, 2.45) is 23.7 Å². The number of ether oxygens (including phenoxy) is 3. The summed E-state index contributed by atoms with van der Waals surface area (Å²) in [7, 11) is 0. The van der Waals surface area contributed by atoms with Gasteiger partial charge >= 0.3 is 6.16 Å². The number of Topliss-reactive ketones (excluding diaryl/α,β-unsaturated/α-hetero) is 1. The van der Waals surface area contributed by atoms with E-state index in [0.29, 0.717) is 12.8 Å². The van der Waals surface area contributed by atoms with E-state index >= 15 is 0 Å². The molecule has 0 aromatic heterocycles. The van der Waals surface area contributed by atoms with Crippen molar-refractivity contribution in [3.05, 3.63) is 60.4 Å². The number of benzene rings is 1. The monoisotopic (exact) mass is 495 g/mol. The Kier molecular flexibility index (Phi) is 5.87. The SMILES string of the molecule is C[C@@H]1C/C=C/[C@@H]2[C@H]3O[C@@]3(C)[C@H](C)[C@@H]3[C@@H](Cc4ccccc4)NC(=O)[C@@]32OC(=O)O/C=C/[C@](C)(O)C1=O. The van der Waals surface area contributed by atoms with Crippen molar-refractivity contribution >= 4 is 17.8 Å². The van der Waals surface area contributed by atoms with Crippen LogP contribution in [0.5, 0.6) is 0 Å². The molecule has 1 saturated carbocycles. The number of allylic oxidation sites excluding steroid dienone is 1. The summed E-state index contributed by atoms with van der Waals surface area (Å²) >= 11 is 0. The maximum absolute atomic E-state index is 13.8. The first-order valence-corrected chi connectivity index (χ1v) is 12.5. The molecular weight excluding hydrogens is 462 g/mol. The van der Waals surface area contributed by atoms with Crippen LogP contribution >= 0.6 is 0 Å². The fraction of sp³-hybridized carbons (Fsp3) is 0.536. The molecule has 0 radical (unpaired) electrons. The Labute approximate surface area is 210 Å². The van der Waals surface area contributed by atoms with Crippen molar-refractivity contribution in [3.63, 3.8) is 0 Å². The maximum Gasteiger partial charge on any atom is 0.514 e. The first-order chi connectivity index (χ1) is 17.0. The van der Waals surface area contributed by atoms with Crippen LogP contribution in [0.3, 0.4) is 0 Å². The van der Waals surface area contributed by atoms with E-state index in [0.717, 1.165) is 17.9 Å². The van der Waals surface area contributed by atoms with Crippen molar-refractivity contribution in [1.29, 1.82) is 0 Å². The van der Waals surface area contributed by atoms with Crippen LogP contribution in [-0.2, 0) is 30.2 Å². The summed E-state index contributed by atoms with van der Waals surface area (Å²) in [4.78, 5) is 39.5. The smallest absolute Gasteiger partial charge is 0.416 e. The number of epoxide rings is 1. The van der Waals surface area contributed by atoms with E-state index in [1.807, 2.05) is 56.3 Å². The molecule has 9 atom stereocenters. The van der Waals surface area contributed by atoms with E-state index in [4.69, 9.17) is 14.2 Å². The summed E-state index contributed by atoms with van der Waals surface area (Å²) in [6.07, 6.45) is 5.28. The first kappa shape index (κ1) is 24.7. The Morgan fingerprint density at radius 1 is 1.11 bits per heavy atom. The third kappa shape index (κ3) is 3.78. The standard InChI is InChI=1S/C28H33NO7/c1-16-9-8-12-19-23-27(4,35-23)17(2)21-20(15-18-10-6-5-7-11-18)29-24(31)28(19,21)36-25(32)34-14-13-26(3,33)22(16)30/h5-8,10-14,16-17,19-21,23,33H,9,15H2,1-4H3,(H,29,31)/b12-8+,14-13+/t16-,17-,19-,20-,21-,23-,26+,27+,28+/m1/s1. The summed E-state index contributed by atoms with van der Waals surface area (Å²) in [5.74, 6) is -2.32. The normalized spacial score (nSPS) is 45.8. The maximum atomic E-state index is 13.8. The summed E-state index contributed by atoms with van der Waals surface area (Å²) < 4.78 is 17.3. The first-order valence-electron chi connectivity index (χ1n) is 12.5. The van der Waals surface area contributed by atoms with Gasteiger partial charge in [0.05, 0.1) is 23.9 Å². The van der Waals surface area contributed by atoms with Crippen molar-refractivity contribution in [2.45, 2.75) is 69.5 Å². The molecule has 1 aromatic rings. The van der Waals surface area contributed by atoms with E-state index in [1.54, 1.807) is 6.92 Å². The van der Waals surface area contributed by atoms with Crippen LogP contribution in [0.1, 0.15) is 39.7 Å². The molecule has 1 aliphatic carbocycles. The number of hydrogen-bond acceptors (Lipinski definition) is 7. The topological polar surface area (TPSA) is 114 Å². The molecule has 3 aliphatic heterocycles. The lowest BCUT2D eigenvalue weighted by molar-refractivity contribution is -0.153. The van der Waals surface area contributed by atoms with E-state index in [1.165, 1.54) is 6.92 Å². The Hall–Kier alpha value is -2.97. The molecule has 2 saturated heterocycles. The third-order valence-corrected chi connectivity index (χ3v) is 8.64. The molecule has 3 fully saturated rings. The van der Waals surface area contributed by atoms with Gasteiger partial charge in [-0.1, -0.05) is 56.3 Å². The number of aliphatic hydroxyl groups is 1. The zero-order chi connectivity index (χ0) is 25.9. The van der Waals surface area contributed by atoms with Gasteiger partial charge in [0.15, 0.2) is 5.78 Å². The highest BCUT2D eigenvalue weighted by molar-refractivity contribution is 5.92. The Bertz CT molecular complexity index is 1130. The van der Waals surface area contributed by atoms with Gasteiger partial charge in [-0.25, -0.2) is 4.79 Å².